The van der Waals surface area contributed by atoms with Gasteiger partial charge >= 0.3 is 0 Å². The van der Waals surface area contributed by atoms with E-state index in [1.54, 1.807) is 0 Å². The molecule has 0 unspecified atom stereocenters. The van der Waals surface area contributed by atoms with Crippen LogP contribution in [0.1, 0.15) is 0 Å². The fraction of sp³-hybridized carbons (Fsp3) is 0. The largest absolute Gasteiger partial charge is 0.309 e. The van der Waals surface area contributed by atoms with Crippen LogP contribution >= 0.6 is 34.0 Å². The van der Waals surface area contributed by atoms with Gasteiger partial charge in [0.2, 0.25) is 0 Å². The van der Waals surface area contributed by atoms with Gasteiger partial charge in [0.15, 0.2) is 0 Å². The molecule has 23 rings (SSSR count). The average molecular weight is 1400 g/mol. The number of hydrogen-bond donors (Lipinski definition) is 0. The summed E-state index contributed by atoms with van der Waals surface area (Å²) in [5.41, 5.74) is 25.0. The average Bonchev–Trinajstić information content (AvgIpc) is 1.61. The molecule has 5 nitrogen and oxygen atoms in total. The van der Waals surface area contributed by atoms with Gasteiger partial charge < -0.3 is 13.7 Å². The predicted octanol–water partition coefficient (Wildman–Crippen LogP) is 28.0. The van der Waals surface area contributed by atoms with Gasteiger partial charge in [-0.3, -0.25) is 4.98 Å². The maximum atomic E-state index is 5.61. The van der Waals surface area contributed by atoms with E-state index in [1.165, 1.54) is 126 Å². The van der Waals surface area contributed by atoms with Crippen molar-refractivity contribution >= 4 is 171 Å². The first-order valence-corrected chi connectivity index (χ1v) is 38.4. The van der Waals surface area contributed by atoms with E-state index in [-0.39, 0.29) is 0 Å². The number of benzene rings is 16. The Balaban J connectivity index is 0.664. The lowest BCUT2D eigenvalue weighted by Gasteiger charge is -2.16. The third-order valence-corrected chi connectivity index (χ3v) is 25.5. The lowest BCUT2D eigenvalue weighted by atomic mass is 9.93. The van der Waals surface area contributed by atoms with Crippen LogP contribution in [-0.2, 0) is 0 Å². The summed E-state index contributed by atoms with van der Waals surface area (Å²) in [6.07, 6.45) is 1.96. The second kappa shape index (κ2) is 23.2. The van der Waals surface area contributed by atoms with Crippen LogP contribution in [-0.4, -0.2) is 23.7 Å². The van der Waals surface area contributed by atoms with Crippen molar-refractivity contribution in [3.05, 3.63) is 346 Å². The second-order valence-electron chi connectivity index (χ2n) is 28.0. The zero-order valence-corrected chi connectivity index (χ0v) is 59.3. The predicted molar refractivity (Wildman–Crippen MR) is 454 cm³/mol. The van der Waals surface area contributed by atoms with Crippen LogP contribution in [0.15, 0.2) is 346 Å². The van der Waals surface area contributed by atoms with Gasteiger partial charge in [-0.15, -0.1) is 34.0 Å². The molecule has 0 fully saturated rings. The fourth-order valence-electron chi connectivity index (χ4n) is 17.1. The van der Waals surface area contributed by atoms with Crippen molar-refractivity contribution in [1.82, 2.24) is 23.7 Å². The number of para-hydroxylation sites is 3. The Labute approximate surface area is 619 Å². The first-order valence-electron chi connectivity index (χ1n) is 36.0. The minimum absolute atomic E-state index is 0.798. The highest BCUT2D eigenvalue weighted by atomic mass is 32.1. The van der Waals surface area contributed by atoms with Gasteiger partial charge in [0.25, 0.3) is 0 Å². The van der Waals surface area contributed by atoms with Crippen molar-refractivity contribution in [1.29, 1.82) is 0 Å². The quantitative estimate of drug-likeness (QED) is 0.144. The second-order valence-corrected chi connectivity index (χ2v) is 31.2. The minimum atomic E-state index is 0.798. The molecule has 0 spiro atoms. The Morgan fingerprint density at radius 1 is 0.198 bits per heavy atom. The Morgan fingerprint density at radius 2 is 0.500 bits per heavy atom. The molecular formula is C98H57N5S3. The van der Waals surface area contributed by atoms with Crippen molar-refractivity contribution in [2.75, 3.05) is 0 Å². The highest BCUT2D eigenvalue weighted by Crippen LogP contribution is 2.46. The summed E-state index contributed by atoms with van der Waals surface area (Å²) >= 11 is 5.58. The molecule has 8 heteroatoms. The van der Waals surface area contributed by atoms with Crippen molar-refractivity contribution in [3.63, 3.8) is 0 Å². The van der Waals surface area contributed by atoms with Gasteiger partial charge in [-0.1, -0.05) is 182 Å². The van der Waals surface area contributed by atoms with Crippen LogP contribution < -0.4 is 0 Å². The van der Waals surface area contributed by atoms with Crippen molar-refractivity contribution < 1.29 is 0 Å². The topological polar surface area (TPSA) is 40.6 Å². The van der Waals surface area contributed by atoms with Gasteiger partial charge in [-0.2, -0.15) is 0 Å². The van der Waals surface area contributed by atoms with E-state index >= 15 is 0 Å². The molecule has 0 saturated carbocycles. The van der Waals surface area contributed by atoms with Crippen LogP contribution in [0, 0.1) is 0 Å². The van der Waals surface area contributed by atoms with Crippen LogP contribution in [0.3, 0.4) is 0 Å². The molecule has 0 bridgehead atoms. The molecule has 7 aromatic heterocycles. The number of rotatable bonds is 9. The zero-order valence-electron chi connectivity index (χ0n) is 56.9. The molecule has 0 atom stereocenters. The standard InChI is InChI=1S/C98H57N5S3/c1-7-28-87-70(22-1)78-49-58(61-37-43-96-81(52-61)73-25-4-10-31-93(73)104-96)34-40-90(78)101(87)67-19-13-16-64(46-67)76-55-84-85(56-77(76)65-17-14-20-68(47-65)102-88-29-8-2-23-71(88)79-50-59(35-41-91(79)102)62-38-44-97-82(53-62)74-26-5-11-32-94(74)105-97)100-86(57-99-84)66-18-15-21-69(48-66)103-89-30-9-3-24-72(89)80-51-60(36-42-92(80)103)63-39-45-98-83(54-63)75-27-6-12-33-95(75)106-98/h1-57H. The van der Waals surface area contributed by atoms with Crippen LogP contribution in [0.25, 0.3) is 221 Å². The molecule has 7 heterocycles. The molecular weight excluding hydrogens is 1340 g/mol. The number of hydrogen-bond acceptors (Lipinski definition) is 5. The van der Waals surface area contributed by atoms with E-state index in [2.05, 4.69) is 353 Å². The van der Waals surface area contributed by atoms with Gasteiger partial charge in [0.1, 0.15) is 0 Å². The monoisotopic (exact) mass is 1400 g/mol. The van der Waals surface area contributed by atoms with Crippen LogP contribution in [0.5, 0.6) is 0 Å². The molecule has 0 aliphatic rings. The summed E-state index contributed by atoms with van der Waals surface area (Å²) < 4.78 is 15.2. The first kappa shape index (κ1) is 59.4. The molecule has 492 valence electrons. The number of fused-ring (bicyclic) bond motifs is 19. The molecule has 0 amide bonds. The molecule has 106 heavy (non-hydrogen) atoms. The van der Waals surface area contributed by atoms with E-state index in [0.29, 0.717) is 0 Å². The number of nitrogens with zero attached hydrogens (tertiary/aromatic N) is 5. The molecule has 0 radical (unpaired) electrons. The minimum Gasteiger partial charge on any atom is -0.309 e. The van der Waals surface area contributed by atoms with Gasteiger partial charge in [0, 0.05) is 115 Å². The fourth-order valence-corrected chi connectivity index (χ4v) is 20.4. The summed E-state index contributed by atoms with van der Waals surface area (Å²) in [7, 11) is 0. The van der Waals surface area contributed by atoms with Gasteiger partial charge in [0.05, 0.1) is 56.0 Å². The molecule has 0 saturated heterocycles. The summed E-state index contributed by atoms with van der Waals surface area (Å²) in [6, 6.07) is 126. The van der Waals surface area contributed by atoms with E-state index in [9.17, 15) is 0 Å². The molecule has 0 N–H and O–H groups in total. The molecule has 0 aliphatic heterocycles. The molecule has 0 aliphatic carbocycles. The molecule has 16 aromatic carbocycles. The normalized spacial score (nSPS) is 12.2. The summed E-state index contributed by atoms with van der Waals surface area (Å²) in [4.78, 5) is 11.0. The third kappa shape index (κ3) is 9.25. The summed E-state index contributed by atoms with van der Waals surface area (Å²) in [6.45, 7) is 0. The lowest BCUT2D eigenvalue weighted by Crippen LogP contribution is -1.97. The van der Waals surface area contributed by atoms with Crippen LogP contribution in [0.2, 0.25) is 0 Å². The highest BCUT2D eigenvalue weighted by molar-refractivity contribution is 7.26. The molecule has 23 aromatic rings. The Morgan fingerprint density at radius 3 is 0.896 bits per heavy atom. The van der Waals surface area contributed by atoms with Crippen molar-refractivity contribution in [2.45, 2.75) is 0 Å². The van der Waals surface area contributed by atoms with Crippen molar-refractivity contribution in [2.24, 2.45) is 0 Å². The Hall–Kier alpha value is -13.1. The van der Waals surface area contributed by atoms with Gasteiger partial charge in [-0.25, -0.2) is 4.98 Å². The van der Waals surface area contributed by atoms with Crippen molar-refractivity contribution in [3.8, 4) is 84.0 Å². The van der Waals surface area contributed by atoms with E-state index in [1.807, 2.05) is 40.2 Å². The first-order chi connectivity index (χ1) is 52.5. The van der Waals surface area contributed by atoms with E-state index in [0.717, 1.165) is 94.7 Å². The van der Waals surface area contributed by atoms with E-state index < -0.39 is 0 Å². The Kier molecular flexibility index (Phi) is 13.0. The van der Waals surface area contributed by atoms with Crippen LogP contribution in [0.4, 0.5) is 0 Å². The Bertz CT molecular complexity index is 7680. The smallest absolute Gasteiger partial charge is 0.0900 e. The number of thiophene rings is 3. The number of aromatic nitrogens is 5. The zero-order chi connectivity index (χ0) is 69.2. The maximum Gasteiger partial charge on any atom is 0.0900 e. The van der Waals surface area contributed by atoms with Gasteiger partial charge in [-0.05, 0) is 213 Å². The maximum absolute atomic E-state index is 5.61. The van der Waals surface area contributed by atoms with E-state index in [4.69, 9.17) is 9.97 Å². The summed E-state index contributed by atoms with van der Waals surface area (Å²) in [5.74, 6) is 0. The lowest BCUT2D eigenvalue weighted by molar-refractivity contribution is 1.18. The third-order valence-electron chi connectivity index (χ3n) is 22.1. The summed E-state index contributed by atoms with van der Waals surface area (Å²) in [5, 5.41) is 15.1. The highest BCUT2D eigenvalue weighted by Gasteiger charge is 2.22. The SMILES string of the molecule is c1cc(-c2cnc3cc(-c4cccc(-n5c6ccccc6c6cc(-c7ccc8sc9ccccc9c8c7)ccc65)c4)c(-c4cccc(-n5c6ccccc6c6cc(-c7ccc8sc9ccccc9c8c7)ccc65)c4)cc3n2)cc(-n2c3ccccc3c3cc(-c4ccc5sc6ccccc6c5c4)ccc32)c1.